The number of carboxylic acids is 1. The highest BCUT2D eigenvalue weighted by Gasteiger charge is 2.37. The average molecular weight is 690 g/mol. The Labute approximate surface area is 279 Å². The highest BCUT2D eigenvalue weighted by atomic mass is 19.4. The van der Waals surface area contributed by atoms with E-state index < -0.39 is 76.3 Å². The average Bonchev–Trinajstić information content (AvgIpc) is 2.95. The number of pyridine rings is 1. The fourth-order valence-electron chi connectivity index (χ4n) is 6.23. The van der Waals surface area contributed by atoms with E-state index in [4.69, 9.17) is 6.42 Å². The molecule has 13 heteroatoms. The molecule has 4 rings (SSSR count). The number of terminal acetylenes is 1. The first-order valence-corrected chi connectivity index (χ1v) is 15.7. The first kappa shape index (κ1) is 37.3. The summed E-state index contributed by atoms with van der Waals surface area (Å²) in [5.74, 6) is -3.96. The van der Waals surface area contributed by atoms with Gasteiger partial charge < -0.3 is 19.9 Å². The smallest absolute Gasteiger partial charge is 0.416 e. The van der Waals surface area contributed by atoms with Crippen LogP contribution in [0, 0.1) is 49.6 Å². The van der Waals surface area contributed by atoms with E-state index in [0.717, 1.165) is 48.5 Å². The van der Waals surface area contributed by atoms with Gasteiger partial charge in [-0.1, -0.05) is 19.8 Å². The minimum Gasteiger partial charge on any atom is -0.481 e. The Morgan fingerprint density at radius 3 is 2.18 bits per heavy atom. The third kappa shape index (κ3) is 8.36. The number of aromatic nitrogens is 1. The van der Waals surface area contributed by atoms with Crippen LogP contribution in [0.3, 0.4) is 0 Å². The lowest BCUT2D eigenvalue weighted by Crippen LogP contribution is -2.41. The van der Waals surface area contributed by atoms with E-state index in [1.54, 1.807) is 13.8 Å². The number of benzene rings is 2. The largest absolute Gasteiger partial charge is 0.481 e. The lowest BCUT2D eigenvalue weighted by atomic mass is 9.89. The van der Waals surface area contributed by atoms with Crippen LogP contribution < -0.4 is 10.9 Å². The van der Waals surface area contributed by atoms with Gasteiger partial charge in [0.2, 0.25) is 5.91 Å². The van der Waals surface area contributed by atoms with E-state index in [1.165, 1.54) is 13.8 Å². The van der Waals surface area contributed by atoms with Gasteiger partial charge in [-0.2, -0.15) is 13.2 Å². The molecule has 7 nitrogen and oxygen atoms in total. The molecule has 1 saturated heterocycles. The number of hydrogen-bond donors (Lipinski definition) is 2. The van der Waals surface area contributed by atoms with Crippen LogP contribution in [0.25, 0.3) is 11.1 Å². The van der Waals surface area contributed by atoms with E-state index in [2.05, 4.69) is 11.2 Å². The van der Waals surface area contributed by atoms with Crippen LogP contribution in [0.1, 0.15) is 78.6 Å². The molecule has 1 aliphatic rings. The van der Waals surface area contributed by atoms with Crippen LogP contribution >= 0.6 is 0 Å². The molecule has 2 heterocycles. The van der Waals surface area contributed by atoms with Gasteiger partial charge in [-0.25, -0.2) is 13.2 Å². The van der Waals surface area contributed by atoms with E-state index in [1.807, 2.05) is 4.90 Å². The number of carboxylic acid groups (broad SMARTS) is 1. The number of halogens is 6. The first-order chi connectivity index (χ1) is 22.9. The van der Waals surface area contributed by atoms with Gasteiger partial charge in [0.15, 0.2) is 0 Å². The molecule has 262 valence electrons. The predicted octanol–water partition coefficient (Wildman–Crippen LogP) is 6.72. The number of amides is 1. The number of nitrogens with one attached hydrogen (secondary N) is 1. The maximum atomic E-state index is 16.4. The van der Waals surface area contributed by atoms with Gasteiger partial charge in [0.25, 0.3) is 5.56 Å². The standard InChI is InChI=1S/C36H37F6N3O4/c1-6-22-15-25(31-20(4)13-24(37)14-21(31)5)34(39)32(33(22)38)27(17-30(47)48)43-35(49)28(12-19(2)3)45-18-23(8-11-44-9-7-10-44)26(16-29(45)46)36(40,41)42/h1,13-16,18-19,27-28H,7-12,17H2,2-5H3,(H,43,49)(H,47,48)/t27-,28-/m0/s1. The van der Waals surface area contributed by atoms with E-state index in [0.29, 0.717) is 12.6 Å². The maximum absolute atomic E-state index is 16.4. The topological polar surface area (TPSA) is 91.6 Å². The number of aryl methyl sites for hydroxylation is 2. The summed E-state index contributed by atoms with van der Waals surface area (Å²) in [6.45, 7) is 8.13. The molecule has 3 aromatic rings. The highest BCUT2D eigenvalue weighted by molar-refractivity contribution is 5.82. The molecule has 1 aliphatic heterocycles. The van der Waals surface area contributed by atoms with Crippen molar-refractivity contribution in [2.45, 2.75) is 71.6 Å². The number of hydrogen-bond acceptors (Lipinski definition) is 4. The molecule has 1 fully saturated rings. The van der Waals surface area contributed by atoms with Gasteiger partial charge in [0.1, 0.15) is 23.5 Å². The van der Waals surface area contributed by atoms with Gasteiger partial charge in [-0.05, 0) is 92.6 Å². The quantitative estimate of drug-likeness (QED) is 0.163. The molecule has 1 amide bonds. The van der Waals surface area contributed by atoms with Crippen molar-refractivity contribution in [3.05, 3.63) is 91.6 Å². The fraction of sp³-hybridized carbons (Fsp3) is 0.417. The summed E-state index contributed by atoms with van der Waals surface area (Å²) in [5, 5.41) is 12.1. The van der Waals surface area contributed by atoms with Crippen molar-refractivity contribution in [2.24, 2.45) is 5.92 Å². The van der Waals surface area contributed by atoms with Crippen molar-refractivity contribution in [3.8, 4) is 23.5 Å². The number of carbonyl (C=O) groups excluding carboxylic acids is 1. The summed E-state index contributed by atoms with van der Waals surface area (Å²) in [6.07, 6.45) is 1.41. The Bertz CT molecular complexity index is 1830. The molecular weight excluding hydrogens is 652 g/mol. The molecule has 1 aromatic heterocycles. The van der Waals surface area contributed by atoms with Gasteiger partial charge in [-0.3, -0.25) is 14.4 Å². The van der Waals surface area contributed by atoms with E-state index >= 15 is 8.78 Å². The fourth-order valence-corrected chi connectivity index (χ4v) is 6.23. The normalized spacial score (nSPS) is 14.7. The lowest BCUT2D eigenvalue weighted by Gasteiger charge is -2.31. The zero-order chi connectivity index (χ0) is 36.4. The van der Waals surface area contributed by atoms with Crippen LogP contribution in [0.2, 0.25) is 0 Å². The van der Waals surface area contributed by atoms with Crippen LogP contribution in [0.5, 0.6) is 0 Å². The second-order valence-electron chi connectivity index (χ2n) is 12.8. The summed E-state index contributed by atoms with van der Waals surface area (Å²) in [6, 6.07) is 0.378. The molecule has 0 bridgehead atoms. The summed E-state index contributed by atoms with van der Waals surface area (Å²) < 4.78 is 89.2. The zero-order valence-corrected chi connectivity index (χ0v) is 27.5. The van der Waals surface area contributed by atoms with Crippen LogP contribution in [0.4, 0.5) is 26.3 Å². The summed E-state index contributed by atoms with van der Waals surface area (Å²) in [4.78, 5) is 41.1. The van der Waals surface area contributed by atoms with Crippen molar-refractivity contribution in [1.82, 2.24) is 14.8 Å². The molecule has 49 heavy (non-hydrogen) atoms. The molecular formula is C36H37F6N3O4. The van der Waals surface area contributed by atoms with Crippen molar-refractivity contribution in [3.63, 3.8) is 0 Å². The number of likely N-dealkylation sites (tertiary alicyclic amines) is 1. The summed E-state index contributed by atoms with van der Waals surface area (Å²) in [5.41, 5.74) is -3.32. The zero-order valence-electron chi connectivity index (χ0n) is 27.5. The Morgan fingerprint density at radius 1 is 1.04 bits per heavy atom. The number of carbonyl (C=O) groups is 2. The first-order valence-electron chi connectivity index (χ1n) is 15.7. The van der Waals surface area contributed by atoms with Crippen molar-refractivity contribution < 1.29 is 41.0 Å². The van der Waals surface area contributed by atoms with Crippen LogP contribution in [-0.2, 0) is 22.2 Å². The number of alkyl halides is 3. The van der Waals surface area contributed by atoms with Crippen LogP contribution in [-0.4, -0.2) is 46.1 Å². The molecule has 2 aromatic carbocycles. The molecule has 0 unspecified atom stereocenters. The number of aliphatic carboxylic acids is 1. The molecule has 0 radical (unpaired) electrons. The molecule has 2 N–H and O–H groups in total. The van der Waals surface area contributed by atoms with E-state index in [9.17, 15) is 37.1 Å². The summed E-state index contributed by atoms with van der Waals surface area (Å²) in [7, 11) is 0. The van der Waals surface area contributed by atoms with E-state index in [-0.39, 0.29) is 46.6 Å². The highest BCUT2D eigenvalue weighted by Crippen LogP contribution is 2.38. The second-order valence-corrected chi connectivity index (χ2v) is 12.8. The number of rotatable bonds is 12. The minimum atomic E-state index is -4.85. The molecule has 0 spiro atoms. The van der Waals surface area contributed by atoms with Gasteiger partial charge in [0.05, 0.1) is 23.6 Å². The number of nitrogens with zero attached hydrogens (tertiary/aromatic N) is 2. The lowest BCUT2D eigenvalue weighted by molar-refractivity contribution is -0.139. The van der Waals surface area contributed by atoms with Crippen molar-refractivity contribution in [1.29, 1.82) is 0 Å². The minimum absolute atomic E-state index is 0.0624. The maximum Gasteiger partial charge on any atom is 0.416 e. The SMILES string of the molecule is C#Cc1cc(-c2c(C)cc(F)cc2C)c(F)c([C@H](CC(=O)O)NC(=O)[C@H](CC(C)C)n2cc(CCN3CCC3)c(C(F)(F)F)cc2=O)c1F. The summed E-state index contributed by atoms with van der Waals surface area (Å²) >= 11 is 0. The second kappa shape index (κ2) is 14.9. The van der Waals surface area contributed by atoms with Gasteiger partial charge in [0, 0.05) is 29.9 Å². The van der Waals surface area contributed by atoms with Gasteiger partial charge >= 0.3 is 12.1 Å². The van der Waals surface area contributed by atoms with Crippen molar-refractivity contribution in [2.75, 3.05) is 19.6 Å². The van der Waals surface area contributed by atoms with Crippen molar-refractivity contribution >= 4 is 11.9 Å². The third-order valence-electron chi connectivity index (χ3n) is 8.65. The Morgan fingerprint density at radius 2 is 1.67 bits per heavy atom. The Balaban J connectivity index is 1.84. The third-order valence-corrected chi connectivity index (χ3v) is 8.65. The molecule has 2 atom stereocenters. The van der Waals surface area contributed by atoms with Gasteiger partial charge in [-0.15, -0.1) is 6.42 Å². The Hall–Kier alpha value is -4.57. The van der Waals surface area contributed by atoms with Crippen LogP contribution in [0.15, 0.2) is 35.3 Å². The molecule has 0 aliphatic carbocycles. The monoisotopic (exact) mass is 689 g/mol. The predicted molar refractivity (Wildman–Crippen MR) is 171 cm³/mol. The molecule has 0 saturated carbocycles. The Kier molecular flexibility index (Phi) is 11.3.